The summed E-state index contributed by atoms with van der Waals surface area (Å²) in [6.07, 6.45) is 4.14. The maximum absolute atomic E-state index is 10.5. The molecule has 6 heteroatoms. The Morgan fingerprint density at radius 3 is 2.68 bits per heavy atom. The molecule has 0 radical (unpaired) electrons. The van der Waals surface area contributed by atoms with E-state index in [1.54, 1.807) is 12.1 Å². The molecule has 4 rings (SSSR count). The van der Waals surface area contributed by atoms with Crippen molar-refractivity contribution in [2.75, 3.05) is 32.8 Å². The van der Waals surface area contributed by atoms with Crippen LogP contribution in [0.2, 0.25) is 0 Å². The van der Waals surface area contributed by atoms with Crippen LogP contribution in [0.25, 0.3) is 5.69 Å². The molecule has 1 aromatic heterocycles. The molecule has 1 aromatic carbocycles. The smallest absolute Gasteiger partial charge is 0.115 e. The number of benzene rings is 1. The number of phenolic OH excluding ortho intramolecular Hbond substituents is 1. The fraction of sp³-hybridized carbons (Fsp3) is 0.526. The Labute approximate surface area is 147 Å². The van der Waals surface area contributed by atoms with Crippen molar-refractivity contribution in [1.29, 1.82) is 0 Å². The number of aromatic nitrogens is 2. The van der Waals surface area contributed by atoms with Crippen molar-refractivity contribution in [2.24, 2.45) is 0 Å². The van der Waals surface area contributed by atoms with Gasteiger partial charge in [-0.05, 0) is 55.6 Å². The van der Waals surface area contributed by atoms with E-state index in [0.29, 0.717) is 0 Å². The minimum Gasteiger partial charge on any atom is -0.508 e. The quantitative estimate of drug-likeness (QED) is 0.884. The SMILES string of the molecule is Oc1ccc(-n2ncc3c2CCC(O)C3CCN2CCOCC2)cc1. The Bertz CT molecular complexity index is 707. The maximum atomic E-state index is 10.5. The lowest BCUT2D eigenvalue weighted by Gasteiger charge is -2.32. The van der Waals surface area contributed by atoms with Crippen LogP contribution in [0.5, 0.6) is 5.75 Å². The third-order valence-corrected chi connectivity index (χ3v) is 5.40. The van der Waals surface area contributed by atoms with Crippen molar-refractivity contribution in [3.8, 4) is 11.4 Å². The second-order valence-corrected chi connectivity index (χ2v) is 6.93. The van der Waals surface area contributed by atoms with Crippen LogP contribution in [0.4, 0.5) is 0 Å². The van der Waals surface area contributed by atoms with Gasteiger partial charge in [0.1, 0.15) is 5.75 Å². The second-order valence-electron chi connectivity index (χ2n) is 6.93. The molecule has 2 heterocycles. The topological polar surface area (TPSA) is 70.8 Å². The predicted octanol–water partition coefficient (Wildman–Crippen LogP) is 1.69. The van der Waals surface area contributed by atoms with E-state index >= 15 is 0 Å². The maximum Gasteiger partial charge on any atom is 0.115 e. The fourth-order valence-electron chi connectivity index (χ4n) is 3.95. The standard InChI is InChI=1S/C19H25N3O3/c23-15-3-1-14(2-4-15)22-18-5-6-19(24)16(17(18)13-20-22)7-8-21-9-11-25-12-10-21/h1-4,13,16,19,23-24H,5-12H2. The first-order valence-corrected chi connectivity index (χ1v) is 9.07. The minimum atomic E-state index is -0.300. The van der Waals surface area contributed by atoms with Gasteiger partial charge in [0.25, 0.3) is 0 Å². The normalized spacial score (nSPS) is 24.2. The molecule has 1 aliphatic heterocycles. The Kier molecular flexibility index (Phi) is 4.74. The van der Waals surface area contributed by atoms with E-state index in [2.05, 4.69) is 10.00 Å². The van der Waals surface area contributed by atoms with Crippen LogP contribution in [0.3, 0.4) is 0 Å². The summed E-state index contributed by atoms with van der Waals surface area (Å²) in [7, 11) is 0. The van der Waals surface area contributed by atoms with Crippen LogP contribution in [0, 0.1) is 0 Å². The minimum absolute atomic E-state index is 0.137. The highest BCUT2D eigenvalue weighted by Gasteiger charge is 2.31. The lowest BCUT2D eigenvalue weighted by atomic mass is 9.82. The molecule has 1 saturated heterocycles. The zero-order valence-electron chi connectivity index (χ0n) is 14.3. The number of phenols is 1. The average Bonchev–Trinajstić information content (AvgIpc) is 3.06. The number of hydrogen-bond donors (Lipinski definition) is 2. The second kappa shape index (κ2) is 7.15. The highest BCUT2D eigenvalue weighted by molar-refractivity contribution is 5.40. The zero-order chi connectivity index (χ0) is 17.2. The number of aliphatic hydroxyl groups is 1. The third kappa shape index (κ3) is 3.42. The molecule has 2 aliphatic rings. The Balaban J connectivity index is 1.54. The molecule has 1 fully saturated rings. The van der Waals surface area contributed by atoms with Crippen LogP contribution < -0.4 is 0 Å². The van der Waals surface area contributed by atoms with Crippen molar-refractivity contribution < 1.29 is 14.9 Å². The first kappa shape index (κ1) is 16.6. The molecule has 6 nitrogen and oxygen atoms in total. The number of ether oxygens (including phenoxy) is 1. The highest BCUT2D eigenvalue weighted by atomic mass is 16.5. The monoisotopic (exact) mass is 343 g/mol. The van der Waals surface area contributed by atoms with Crippen LogP contribution in [0.1, 0.15) is 30.0 Å². The summed E-state index contributed by atoms with van der Waals surface area (Å²) in [5.41, 5.74) is 3.30. The number of nitrogens with zero attached hydrogens (tertiary/aromatic N) is 3. The summed E-state index contributed by atoms with van der Waals surface area (Å²) in [6, 6.07) is 7.10. The molecular formula is C19H25N3O3. The van der Waals surface area contributed by atoms with Gasteiger partial charge in [0, 0.05) is 24.7 Å². The Morgan fingerprint density at radius 2 is 1.92 bits per heavy atom. The molecule has 134 valence electrons. The highest BCUT2D eigenvalue weighted by Crippen LogP contribution is 2.35. The Hall–Kier alpha value is -1.89. The van der Waals surface area contributed by atoms with Crippen molar-refractivity contribution in [1.82, 2.24) is 14.7 Å². The van der Waals surface area contributed by atoms with Crippen molar-refractivity contribution in [3.05, 3.63) is 41.7 Å². The van der Waals surface area contributed by atoms with Gasteiger partial charge in [-0.2, -0.15) is 5.10 Å². The molecule has 0 spiro atoms. The molecular weight excluding hydrogens is 318 g/mol. The van der Waals surface area contributed by atoms with E-state index in [0.717, 1.165) is 57.8 Å². The zero-order valence-corrected chi connectivity index (χ0v) is 14.3. The number of morpholine rings is 1. The lowest BCUT2D eigenvalue weighted by Crippen LogP contribution is -2.38. The van der Waals surface area contributed by atoms with E-state index in [4.69, 9.17) is 4.74 Å². The molecule has 1 aliphatic carbocycles. The van der Waals surface area contributed by atoms with Crippen molar-refractivity contribution in [2.45, 2.75) is 31.3 Å². The van der Waals surface area contributed by atoms with Gasteiger partial charge in [-0.1, -0.05) is 0 Å². The van der Waals surface area contributed by atoms with Crippen molar-refractivity contribution >= 4 is 0 Å². The summed E-state index contributed by atoms with van der Waals surface area (Å²) < 4.78 is 7.35. The van der Waals surface area contributed by atoms with Gasteiger partial charge in [0.05, 0.1) is 31.2 Å². The van der Waals surface area contributed by atoms with Gasteiger partial charge in [-0.25, -0.2) is 4.68 Å². The van der Waals surface area contributed by atoms with Gasteiger partial charge in [0.15, 0.2) is 0 Å². The van der Waals surface area contributed by atoms with E-state index in [1.165, 1.54) is 11.3 Å². The largest absolute Gasteiger partial charge is 0.508 e. The van der Waals surface area contributed by atoms with Crippen LogP contribution >= 0.6 is 0 Å². The molecule has 25 heavy (non-hydrogen) atoms. The molecule has 2 aromatic rings. The van der Waals surface area contributed by atoms with Crippen LogP contribution in [0.15, 0.2) is 30.5 Å². The van der Waals surface area contributed by atoms with Gasteiger partial charge >= 0.3 is 0 Å². The first-order chi connectivity index (χ1) is 12.2. The van der Waals surface area contributed by atoms with E-state index in [-0.39, 0.29) is 17.8 Å². The van der Waals surface area contributed by atoms with Crippen LogP contribution in [-0.4, -0.2) is 63.8 Å². The average molecular weight is 343 g/mol. The number of fused-ring (bicyclic) bond motifs is 1. The summed E-state index contributed by atoms with van der Waals surface area (Å²) in [6.45, 7) is 4.54. The number of hydrogen-bond acceptors (Lipinski definition) is 5. The third-order valence-electron chi connectivity index (χ3n) is 5.40. The van der Waals surface area contributed by atoms with Gasteiger partial charge in [-0.15, -0.1) is 0 Å². The molecule has 0 bridgehead atoms. The lowest BCUT2D eigenvalue weighted by molar-refractivity contribution is 0.0325. The summed E-state index contributed by atoms with van der Waals surface area (Å²) in [4.78, 5) is 2.41. The van der Waals surface area contributed by atoms with E-state index in [1.807, 2.05) is 23.0 Å². The molecule has 2 N–H and O–H groups in total. The molecule has 0 saturated carbocycles. The number of rotatable bonds is 4. The molecule has 2 atom stereocenters. The summed E-state index contributed by atoms with van der Waals surface area (Å²) >= 11 is 0. The van der Waals surface area contributed by atoms with Crippen molar-refractivity contribution in [3.63, 3.8) is 0 Å². The van der Waals surface area contributed by atoms with E-state index < -0.39 is 0 Å². The fourth-order valence-corrected chi connectivity index (χ4v) is 3.95. The summed E-state index contributed by atoms with van der Waals surface area (Å²) in [5.74, 6) is 0.390. The summed E-state index contributed by atoms with van der Waals surface area (Å²) in [5, 5.41) is 24.6. The number of aromatic hydroxyl groups is 1. The van der Waals surface area contributed by atoms with Gasteiger partial charge in [-0.3, -0.25) is 4.90 Å². The number of aliphatic hydroxyl groups excluding tert-OH is 1. The predicted molar refractivity (Wildman–Crippen MR) is 94.2 cm³/mol. The first-order valence-electron chi connectivity index (χ1n) is 9.07. The van der Waals surface area contributed by atoms with Crippen LogP contribution in [-0.2, 0) is 11.2 Å². The Morgan fingerprint density at radius 1 is 1.16 bits per heavy atom. The van der Waals surface area contributed by atoms with Gasteiger partial charge < -0.3 is 14.9 Å². The molecule has 0 amide bonds. The molecule has 2 unspecified atom stereocenters. The van der Waals surface area contributed by atoms with Gasteiger partial charge in [0.2, 0.25) is 0 Å². The van der Waals surface area contributed by atoms with E-state index in [9.17, 15) is 10.2 Å².